The molecule has 78 valence electrons. The highest BCUT2D eigenvalue weighted by atomic mass is 127. The van der Waals surface area contributed by atoms with E-state index in [1.54, 1.807) is 0 Å². The Hall–Kier alpha value is -1.34. The molecule has 0 radical (unpaired) electrons. The first-order valence-electron chi connectivity index (χ1n) is 4.97. The molecule has 0 spiro atoms. The van der Waals surface area contributed by atoms with Crippen molar-refractivity contribution in [2.45, 2.75) is 6.92 Å². The Bertz CT molecular complexity index is 550. The summed E-state index contributed by atoms with van der Waals surface area (Å²) in [6.07, 6.45) is 0. The van der Waals surface area contributed by atoms with Gasteiger partial charge in [0.15, 0.2) is 0 Å². The monoisotopic (exact) mass is 319 g/mol. The van der Waals surface area contributed by atoms with Crippen LogP contribution in [0.3, 0.4) is 0 Å². The van der Waals surface area contributed by atoms with Gasteiger partial charge in [-0.15, -0.1) is 0 Å². The van der Waals surface area contributed by atoms with Gasteiger partial charge in [0.25, 0.3) is 0 Å². The predicted molar refractivity (Wildman–Crippen MR) is 74.0 cm³/mol. The van der Waals surface area contributed by atoms with E-state index in [1.165, 1.54) is 14.7 Å². The smallest absolute Gasteiger partial charge is 0.0991 e. The van der Waals surface area contributed by atoms with Gasteiger partial charge >= 0.3 is 0 Å². The maximum Gasteiger partial charge on any atom is 0.0991 e. The molecule has 0 saturated carbocycles. The second kappa shape index (κ2) is 4.67. The largest absolute Gasteiger partial charge is 0.192 e. The SMILES string of the molecule is Cc1cc(I)ccc1-c1ccc(C#N)cc1. The van der Waals surface area contributed by atoms with Crippen molar-refractivity contribution in [3.63, 3.8) is 0 Å². The average Bonchev–Trinajstić information content (AvgIpc) is 2.29. The molecule has 2 rings (SSSR count). The number of hydrogen-bond acceptors (Lipinski definition) is 1. The van der Waals surface area contributed by atoms with Crippen LogP contribution >= 0.6 is 22.6 Å². The van der Waals surface area contributed by atoms with Crippen molar-refractivity contribution in [2.24, 2.45) is 0 Å². The van der Waals surface area contributed by atoms with Gasteiger partial charge in [0.2, 0.25) is 0 Å². The molecule has 0 amide bonds. The summed E-state index contributed by atoms with van der Waals surface area (Å²) in [6, 6.07) is 16.2. The third kappa shape index (κ3) is 2.25. The van der Waals surface area contributed by atoms with E-state index >= 15 is 0 Å². The van der Waals surface area contributed by atoms with Crippen molar-refractivity contribution < 1.29 is 0 Å². The Morgan fingerprint density at radius 1 is 1.06 bits per heavy atom. The molecule has 0 saturated heterocycles. The number of halogens is 1. The van der Waals surface area contributed by atoms with Crippen LogP contribution < -0.4 is 0 Å². The van der Waals surface area contributed by atoms with E-state index in [9.17, 15) is 0 Å². The maximum absolute atomic E-state index is 8.74. The van der Waals surface area contributed by atoms with Crippen LogP contribution in [-0.4, -0.2) is 0 Å². The summed E-state index contributed by atoms with van der Waals surface area (Å²) in [7, 11) is 0. The van der Waals surface area contributed by atoms with Gasteiger partial charge in [-0.05, 0) is 70.5 Å². The fourth-order valence-corrected chi connectivity index (χ4v) is 2.32. The molecule has 2 heteroatoms. The summed E-state index contributed by atoms with van der Waals surface area (Å²) in [6.45, 7) is 2.11. The number of benzene rings is 2. The van der Waals surface area contributed by atoms with E-state index in [-0.39, 0.29) is 0 Å². The highest BCUT2D eigenvalue weighted by Crippen LogP contribution is 2.24. The molecule has 1 nitrogen and oxygen atoms in total. The highest BCUT2D eigenvalue weighted by Gasteiger charge is 2.02. The Labute approximate surface area is 109 Å². The van der Waals surface area contributed by atoms with Crippen LogP contribution in [0.4, 0.5) is 0 Å². The number of nitriles is 1. The Morgan fingerprint density at radius 3 is 2.31 bits per heavy atom. The van der Waals surface area contributed by atoms with Crippen molar-refractivity contribution in [3.05, 3.63) is 57.2 Å². The lowest BCUT2D eigenvalue weighted by atomic mass is 10.00. The van der Waals surface area contributed by atoms with Crippen LogP contribution in [0.15, 0.2) is 42.5 Å². The molecule has 0 bridgehead atoms. The van der Waals surface area contributed by atoms with Crippen LogP contribution in [0.5, 0.6) is 0 Å². The van der Waals surface area contributed by atoms with E-state index in [1.807, 2.05) is 24.3 Å². The molecular formula is C14H10IN. The van der Waals surface area contributed by atoms with Crippen LogP contribution in [0.1, 0.15) is 11.1 Å². The summed E-state index contributed by atoms with van der Waals surface area (Å²) in [5, 5.41) is 8.74. The highest BCUT2D eigenvalue weighted by molar-refractivity contribution is 14.1. The van der Waals surface area contributed by atoms with Gasteiger partial charge in [0.1, 0.15) is 0 Å². The van der Waals surface area contributed by atoms with Crippen LogP contribution in [0.25, 0.3) is 11.1 Å². The molecule has 2 aromatic rings. The summed E-state index contributed by atoms with van der Waals surface area (Å²) in [5.74, 6) is 0. The Balaban J connectivity index is 2.47. The minimum atomic E-state index is 0.701. The first-order chi connectivity index (χ1) is 7.70. The fraction of sp³-hybridized carbons (Fsp3) is 0.0714. The van der Waals surface area contributed by atoms with E-state index in [4.69, 9.17) is 5.26 Å². The summed E-state index contributed by atoms with van der Waals surface area (Å²) < 4.78 is 1.24. The standard InChI is InChI=1S/C14H10IN/c1-10-8-13(15)6-7-14(10)12-4-2-11(9-16)3-5-12/h2-8H,1H3. The Morgan fingerprint density at radius 2 is 1.75 bits per heavy atom. The third-order valence-corrected chi connectivity index (χ3v) is 3.18. The quantitative estimate of drug-likeness (QED) is 0.725. The molecule has 0 aliphatic heterocycles. The minimum absolute atomic E-state index is 0.701. The van der Waals surface area contributed by atoms with Crippen molar-refractivity contribution in [2.75, 3.05) is 0 Å². The first-order valence-corrected chi connectivity index (χ1v) is 6.05. The molecule has 2 aromatic carbocycles. The zero-order valence-corrected chi connectivity index (χ0v) is 11.0. The lowest BCUT2D eigenvalue weighted by Crippen LogP contribution is -1.84. The molecule has 0 aliphatic rings. The molecule has 0 aromatic heterocycles. The maximum atomic E-state index is 8.74. The predicted octanol–water partition coefficient (Wildman–Crippen LogP) is 4.14. The van der Waals surface area contributed by atoms with Crippen LogP contribution in [-0.2, 0) is 0 Å². The van der Waals surface area contributed by atoms with Gasteiger partial charge in [-0.25, -0.2) is 0 Å². The zero-order chi connectivity index (χ0) is 11.5. The van der Waals surface area contributed by atoms with Crippen molar-refractivity contribution in [3.8, 4) is 17.2 Å². The van der Waals surface area contributed by atoms with Crippen molar-refractivity contribution in [1.82, 2.24) is 0 Å². The van der Waals surface area contributed by atoms with E-state index in [0.29, 0.717) is 5.56 Å². The summed E-state index contributed by atoms with van der Waals surface area (Å²) in [5.41, 5.74) is 4.35. The topological polar surface area (TPSA) is 23.8 Å². The number of nitrogens with zero attached hydrogens (tertiary/aromatic N) is 1. The zero-order valence-electron chi connectivity index (χ0n) is 8.87. The number of aryl methyl sites for hydroxylation is 1. The van der Waals surface area contributed by atoms with E-state index in [2.05, 4.69) is 53.8 Å². The first kappa shape index (κ1) is 11.2. The second-order valence-corrected chi connectivity index (χ2v) is 4.89. The molecule has 0 fully saturated rings. The van der Waals surface area contributed by atoms with E-state index in [0.717, 1.165) is 5.56 Å². The van der Waals surface area contributed by atoms with Gasteiger partial charge in [-0.3, -0.25) is 0 Å². The Kier molecular flexibility index (Phi) is 3.25. The lowest BCUT2D eigenvalue weighted by Gasteiger charge is -2.06. The fourth-order valence-electron chi connectivity index (χ4n) is 1.68. The summed E-state index contributed by atoms with van der Waals surface area (Å²) >= 11 is 2.31. The molecule has 0 aliphatic carbocycles. The molecular weight excluding hydrogens is 309 g/mol. The lowest BCUT2D eigenvalue weighted by molar-refractivity contribution is 1.43. The third-order valence-electron chi connectivity index (χ3n) is 2.51. The molecule has 0 atom stereocenters. The van der Waals surface area contributed by atoms with Crippen molar-refractivity contribution in [1.29, 1.82) is 5.26 Å². The van der Waals surface area contributed by atoms with Gasteiger partial charge in [-0.2, -0.15) is 5.26 Å². The van der Waals surface area contributed by atoms with Gasteiger partial charge < -0.3 is 0 Å². The molecule has 16 heavy (non-hydrogen) atoms. The molecule has 0 N–H and O–H groups in total. The van der Waals surface area contributed by atoms with Crippen LogP contribution in [0, 0.1) is 21.8 Å². The van der Waals surface area contributed by atoms with Crippen LogP contribution in [0.2, 0.25) is 0 Å². The number of rotatable bonds is 1. The second-order valence-electron chi connectivity index (χ2n) is 3.65. The van der Waals surface area contributed by atoms with Gasteiger partial charge in [0, 0.05) is 3.57 Å². The molecule has 0 unspecified atom stereocenters. The molecule has 0 heterocycles. The minimum Gasteiger partial charge on any atom is -0.192 e. The van der Waals surface area contributed by atoms with Gasteiger partial charge in [0.05, 0.1) is 11.6 Å². The average molecular weight is 319 g/mol. The number of hydrogen-bond donors (Lipinski definition) is 0. The normalized spacial score (nSPS) is 9.81. The summed E-state index contributed by atoms with van der Waals surface area (Å²) in [4.78, 5) is 0. The van der Waals surface area contributed by atoms with Gasteiger partial charge in [-0.1, -0.05) is 18.2 Å². The van der Waals surface area contributed by atoms with Crippen molar-refractivity contribution >= 4 is 22.6 Å². The van der Waals surface area contributed by atoms with E-state index < -0.39 is 0 Å².